The van der Waals surface area contributed by atoms with Gasteiger partial charge in [0.15, 0.2) is 5.57 Å². The van der Waals surface area contributed by atoms with Gasteiger partial charge in [-0.2, -0.15) is 0 Å². The molecule has 3 rings (SSSR count). The first-order valence-corrected chi connectivity index (χ1v) is 9.02. The lowest BCUT2D eigenvalue weighted by molar-refractivity contribution is -0.222. The summed E-state index contributed by atoms with van der Waals surface area (Å²) in [7, 11) is 2.04. The summed E-state index contributed by atoms with van der Waals surface area (Å²) in [5, 5.41) is 4.72. The summed E-state index contributed by atoms with van der Waals surface area (Å²) in [6.45, 7) is 6.15. The molecule has 1 amide bonds. The number of hydrogen-bond acceptors (Lipinski definition) is 8. The third-order valence-electron chi connectivity index (χ3n) is 4.42. The predicted octanol–water partition coefficient (Wildman–Crippen LogP) is 0.711. The number of carbonyl (C=O) groups is 3. The molecule has 0 aliphatic carbocycles. The third kappa shape index (κ3) is 4.68. The van der Waals surface area contributed by atoms with Gasteiger partial charge in [0.1, 0.15) is 0 Å². The standard InChI is InChI=1S/C19H24N4O5/c1-19(2)27-17(25)14(18(26)28-19)12-20-15-7-5-4-6-13(15)16(24)21-23-10-8-22(3)9-11-23/h4-7,12,20H,8-11H2,1-3H3,(H,21,24). The van der Waals surface area contributed by atoms with Crippen molar-refractivity contribution >= 4 is 23.5 Å². The van der Waals surface area contributed by atoms with E-state index in [-0.39, 0.29) is 11.5 Å². The number of hydrazine groups is 1. The van der Waals surface area contributed by atoms with Crippen LogP contribution in [0.5, 0.6) is 0 Å². The van der Waals surface area contributed by atoms with E-state index >= 15 is 0 Å². The van der Waals surface area contributed by atoms with Crippen LogP contribution in [0.25, 0.3) is 0 Å². The number of esters is 2. The summed E-state index contributed by atoms with van der Waals surface area (Å²) >= 11 is 0. The quantitative estimate of drug-likeness (QED) is 0.442. The lowest BCUT2D eigenvalue weighted by Crippen LogP contribution is -2.52. The third-order valence-corrected chi connectivity index (χ3v) is 4.42. The van der Waals surface area contributed by atoms with E-state index in [9.17, 15) is 14.4 Å². The Kier molecular flexibility index (Phi) is 5.66. The van der Waals surface area contributed by atoms with Crippen LogP contribution in [0.4, 0.5) is 5.69 Å². The minimum atomic E-state index is -1.30. The second-order valence-electron chi connectivity index (χ2n) is 7.16. The molecule has 0 bridgehead atoms. The van der Waals surface area contributed by atoms with Crippen LogP contribution >= 0.6 is 0 Å². The zero-order valence-electron chi connectivity index (χ0n) is 16.2. The van der Waals surface area contributed by atoms with Crippen LogP contribution in [0, 0.1) is 0 Å². The fourth-order valence-electron chi connectivity index (χ4n) is 2.86. The molecule has 0 atom stereocenters. The van der Waals surface area contributed by atoms with Gasteiger partial charge >= 0.3 is 11.9 Å². The molecule has 2 saturated heterocycles. The van der Waals surface area contributed by atoms with Crippen LogP contribution in [0.15, 0.2) is 36.0 Å². The summed E-state index contributed by atoms with van der Waals surface area (Å²) in [4.78, 5) is 38.9. The van der Waals surface area contributed by atoms with Crippen LogP contribution in [0.3, 0.4) is 0 Å². The first kappa shape index (κ1) is 19.8. The molecule has 0 unspecified atom stereocenters. The fraction of sp³-hybridized carbons (Fsp3) is 0.421. The number of benzene rings is 1. The number of piperazine rings is 1. The fourth-order valence-corrected chi connectivity index (χ4v) is 2.86. The highest BCUT2D eigenvalue weighted by Gasteiger charge is 2.39. The number of amides is 1. The summed E-state index contributed by atoms with van der Waals surface area (Å²) in [5.41, 5.74) is 3.45. The van der Waals surface area contributed by atoms with E-state index < -0.39 is 17.7 Å². The van der Waals surface area contributed by atoms with Crippen LogP contribution < -0.4 is 10.7 Å². The van der Waals surface area contributed by atoms with E-state index in [4.69, 9.17) is 9.47 Å². The Morgan fingerprint density at radius 3 is 2.32 bits per heavy atom. The molecule has 2 N–H and O–H groups in total. The van der Waals surface area contributed by atoms with Gasteiger partial charge < -0.3 is 19.7 Å². The summed E-state index contributed by atoms with van der Waals surface area (Å²) < 4.78 is 10.1. The SMILES string of the molecule is CN1CCN(NC(=O)c2ccccc2NC=C2C(=O)OC(C)(C)OC2=O)CC1. The lowest BCUT2D eigenvalue weighted by atomic mass is 10.1. The summed E-state index contributed by atoms with van der Waals surface area (Å²) in [6, 6.07) is 6.82. The number of likely N-dealkylation sites (N-methyl/N-ethyl adjacent to an activating group) is 1. The van der Waals surface area contributed by atoms with Crippen LogP contribution in [-0.4, -0.2) is 66.8 Å². The van der Waals surface area contributed by atoms with Crippen molar-refractivity contribution < 1.29 is 23.9 Å². The molecule has 2 heterocycles. The number of cyclic esters (lactones) is 2. The maximum absolute atomic E-state index is 12.7. The maximum Gasteiger partial charge on any atom is 0.350 e. The Hall–Kier alpha value is -2.91. The molecule has 1 aromatic carbocycles. The molecule has 0 aromatic heterocycles. The molecule has 1 aromatic rings. The summed E-state index contributed by atoms with van der Waals surface area (Å²) in [5.74, 6) is -3.14. The molecule has 2 aliphatic heterocycles. The maximum atomic E-state index is 12.7. The van der Waals surface area contributed by atoms with E-state index in [1.54, 1.807) is 24.3 Å². The minimum Gasteiger partial charge on any atom is -0.419 e. The second-order valence-corrected chi connectivity index (χ2v) is 7.16. The Bertz CT molecular complexity index is 790. The lowest BCUT2D eigenvalue weighted by Gasteiger charge is -2.32. The number of carbonyl (C=O) groups excluding carboxylic acids is 3. The Balaban J connectivity index is 1.71. The van der Waals surface area contributed by atoms with Gasteiger partial charge in [0.05, 0.1) is 11.3 Å². The highest BCUT2D eigenvalue weighted by molar-refractivity contribution is 6.15. The van der Waals surface area contributed by atoms with E-state index in [2.05, 4.69) is 15.6 Å². The summed E-state index contributed by atoms with van der Waals surface area (Å²) in [6.07, 6.45) is 1.20. The Labute approximate surface area is 163 Å². The van der Waals surface area contributed by atoms with Crippen molar-refractivity contribution in [3.8, 4) is 0 Å². The molecular weight excluding hydrogens is 364 g/mol. The van der Waals surface area contributed by atoms with Crippen molar-refractivity contribution in [1.82, 2.24) is 15.3 Å². The van der Waals surface area contributed by atoms with Crippen molar-refractivity contribution in [1.29, 1.82) is 0 Å². The topological polar surface area (TPSA) is 100 Å². The Morgan fingerprint density at radius 2 is 1.68 bits per heavy atom. The van der Waals surface area contributed by atoms with Crippen molar-refractivity contribution in [3.05, 3.63) is 41.6 Å². The molecule has 9 nitrogen and oxygen atoms in total. The highest BCUT2D eigenvalue weighted by atomic mass is 16.7. The second kappa shape index (κ2) is 7.99. The highest BCUT2D eigenvalue weighted by Crippen LogP contribution is 2.23. The van der Waals surface area contributed by atoms with Gasteiger partial charge in [0.2, 0.25) is 0 Å². The van der Waals surface area contributed by atoms with Crippen molar-refractivity contribution in [2.75, 3.05) is 38.5 Å². The zero-order chi connectivity index (χ0) is 20.3. The minimum absolute atomic E-state index is 0.270. The predicted molar refractivity (Wildman–Crippen MR) is 101 cm³/mol. The molecular formula is C19H24N4O5. The van der Waals surface area contributed by atoms with Crippen molar-refractivity contribution in [3.63, 3.8) is 0 Å². The number of rotatable bonds is 4. The van der Waals surface area contributed by atoms with Crippen LogP contribution in [-0.2, 0) is 19.1 Å². The number of nitrogens with one attached hydrogen (secondary N) is 2. The number of para-hydroxylation sites is 1. The molecule has 0 radical (unpaired) electrons. The van der Waals surface area contributed by atoms with E-state index in [1.807, 2.05) is 12.1 Å². The average molecular weight is 388 g/mol. The van der Waals surface area contributed by atoms with Gasteiger partial charge in [-0.05, 0) is 19.2 Å². The number of nitrogens with zero attached hydrogens (tertiary/aromatic N) is 2. The Morgan fingerprint density at radius 1 is 1.07 bits per heavy atom. The monoisotopic (exact) mass is 388 g/mol. The first-order chi connectivity index (χ1) is 13.2. The molecule has 0 saturated carbocycles. The first-order valence-electron chi connectivity index (χ1n) is 9.02. The van der Waals surface area contributed by atoms with E-state index in [0.717, 1.165) is 26.2 Å². The molecule has 2 fully saturated rings. The molecule has 28 heavy (non-hydrogen) atoms. The molecule has 150 valence electrons. The average Bonchev–Trinajstić information content (AvgIpc) is 2.62. The van der Waals surface area contributed by atoms with Gasteiger partial charge in [0, 0.05) is 46.2 Å². The van der Waals surface area contributed by atoms with Crippen molar-refractivity contribution in [2.24, 2.45) is 0 Å². The van der Waals surface area contributed by atoms with E-state index in [1.165, 1.54) is 20.0 Å². The van der Waals surface area contributed by atoms with Gasteiger partial charge in [0.25, 0.3) is 11.7 Å². The van der Waals surface area contributed by atoms with E-state index in [0.29, 0.717) is 11.3 Å². The van der Waals surface area contributed by atoms with Gasteiger partial charge in [-0.3, -0.25) is 10.2 Å². The normalized spacial score (nSPS) is 20.2. The molecule has 0 spiro atoms. The number of anilines is 1. The molecule has 2 aliphatic rings. The van der Waals surface area contributed by atoms with Gasteiger partial charge in [-0.25, -0.2) is 14.6 Å². The number of ether oxygens (including phenoxy) is 2. The number of hydrogen-bond donors (Lipinski definition) is 2. The molecule has 9 heteroatoms. The van der Waals surface area contributed by atoms with Crippen LogP contribution in [0.1, 0.15) is 24.2 Å². The zero-order valence-corrected chi connectivity index (χ0v) is 16.2. The smallest absolute Gasteiger partial charge is 0.350 e. The van der Waals surface area contributed by atoms with Gasteiger partial charge in [-0.1, -0.05) is 12.1 Å². The van der Waals surface area contributed by atoms with Crippen molar-refractivity contribution in [2.45, 2.75) is 19.6 Å². The van der Waals surface area contributed by atoms with Crippen LogP contribution in [0.2, 0.25) is 0 Å². The van der Waals surface area contributed by atoms with Gasteiger partial charge in [-0.15, -0.1) is 0 Å². The largest absolute Gasteiger partial charge is 0.419 e.